The number of H-pyrrole nitrogens is 1. The smallest absolute Gasteiger partial charge is 0.270 e. The summed E-state index contributed by atoms with van der Waals surface area (Å²) in [6.07, 6.45) is 1.51. The molecule has 0 aliphatic heterocycles. The maximum Gasteiger partial charge on any atom is 0.270 e. The standard InChI is InChI=1S/C15H19N3O4/c1-9(2)15(3,20)8-17-14(19)12-7-16-13-5-4-10(18(21)22)6-11(12)13/h4-7,9,16,20H,8H2,1-3H3,(H,17,19). The van der Waals surface area contributed by atoms with Crippen LogP contribution in [0.15, 0.2) is 24.4 Å². The molecule has 1 aromatic carbocycles. The van der Waals surface area contributed by atoms with Crippen LogP contribution in [0.25, 0.3) is 10.9 Å². The van der Waals surface area contributed by atoms with E-state index in [1.807, 2.05) is 13.8 Å². The van der Waals surface area contributed by atoms with Crippen molar-refractivity contribution in [2.45, 2.75) is 26.4 Å². The molecule has 1 atom stereocenters. The van der Waals surface area contributed by atoms with Gasteiger partial charge in [-0.3, -0.25) is 14.9 Å². The van der Waals surface area contributed by atoms with Crippen LogP contribution in [0, 0.1) is 16.0 Å². The van der Waals surface area contributed by atoms with Gasteiger partial charge in [0.1, 0.15) is 0 Å². The van der Waals surface area contributed by atoms with Crippen molar-refractivity contribution < 1.29 is 14.8 Å². The van der Waals surface area contributed by atoms with Crippen molar-refractivity contribution in [3.8, 4) is 0 Å². The van der Waals surface area contributed by atoms with E-state index in [1.54, 1.807) is 13.0 Å². The van der Waals surface area contributed by atoms with E-state index < -0.39 is 10.5 Å². The highest BCUT2D eigenvalue weighted by molar-refractivity contribution is 6.07. The highest BCUT2D eigenvalue weighted by Crippen LogP contribution is 2.24. The van der Waals surface area contributed by atoms with Crippen LogP contribution in [-0.2, 0) is 0 Å². The molecule has 2 aromatic rings. The van der Waals surface area contributed by atoms with Crippen molar-refractivity contribution in [1.82, 2.24) is 10.3 Å². The molecule has 1 unspecified atom stereocenters. The molecule has 7 nitrogen and oxygen atoms in total. The first-order valence-electron chi connectivity index (χ1n) is 6.98. The Hall–Kier alpha value is -2.41. The molecule has 3 N–H and O–H groups in total. The first-order chi connectivity index (χ1) is 10.2. The SMILES string of the molecule is CC(C)C(C)(O)CNC(=O)c1c[nH]c2ccc([N+](=O)[O-])cc12. The highest BCUT2D eigenvalue weighted by atomic mass is 16.6. The van der Waals surface area contributed by atoms with Gasteiger partial charge in [-0.1, -0.05) is 13.8 Å². The fourth-order valence-corrected chi connectivity index (χ4v) is 1.97. The van der Waals surface area contributed by atoms with Crippen LogP contribution in [0.1, 0.15) is 31.1 Å². The number of rotatable bonds is 5. The summed E-state index contributed by atoms with van der Waals surface area (Å²) >= 11 is 0. The number of carbonyl (C=O) groups excluding carboxylic acids is 1. The average molecular weight is 305 g/mol. The largest absolute Gasteiger partial charge is 0.388 e. The van der Waals surface area contributed by atoms with Gasteiger partial charge in [-0.2, -0.15) is 0 Å². The molecule has 1 heterocycles. The maximum absolute atomic E-state index is 12.3. The van der Waals surface area contributed by atoms with Gasteiger partial charge in [0.2, 0.25) is 0 Å². The number of fused-ring (bicyclic) bond motifs is 1. The number of nitro groups is 1. The lowest BCUT2D eigenvalue weighted by atomic mass is 9.92. The summed E-state index contributed by atoms with van der Waals surface area (Å²) in [6, 6.07) is 4.31. The molecular formula is C15H19N3O4. The number of aromatic amines is 1. The summed E-state index contributed by atoms with van der Waals surface area (Å²) < 4.78 is 0. The molecule has 2 rings (SSSR count). The molecule has 0 bridgehead atoms. The molecule has 0 fully saturated rings. The van der Waals surface area contributed by atoms with E-state index in [9.17, 15) is 20.0 Å². The Morgan fingerprint density at radius 1 is 1.50 bits per heavy atom. The summed E-state index contributed by atoms with van der Waals surface area (Å²) in [6.45, 7) is 5.48. The fourth-order valence-electron chi connectivity index (χ4n) is 1.97. The van der Waals surface area contributed by atoms with E-state index in [4.69, 9.17) is 0 Å². The van der Waals surface area contributed by atoms with Crippen LogP contribution < -0.4 is 5.32 Å². The van der Waals surface area contributed by atoms with Gasteiger partial charge in [0.25, 0.3) is 11.6 Å². The lowest BCUT2D eigenvalue weighted by Crippen LogP contribution is -2.44. The van der Waals surface area contributed by atoms with E-state index in [0.29, 0.717) is 16.5 Å². The van der Waals surface area contributed by atoms with E-state index in [0.717, 1.165) is 0 Å². The Balaban J connectivity index is 2.25. The highest BCUT2D eigenvalue weighted by Gasteiger charge is 2.26. The molecule has 118 valence electrons. The van der Waals surface area contributed by atoms with Crippen LogP contribution in [0.4, 0.5) is 5.69 Å². The summed E-state index contributed by atoms with van der Waals surface area (Å²) in [5.41, 5.74) is -0.131. The Morgan fingerprint density at radius 2 is 2.18 bits per heavy atom. The molecular weight excluding hydrogens is 286 g/mol. The predicted molar refractivity (Wildman–Crippen MR) is 82.7 cm³/mol. The van der Waals surface area contributed by atoms with Crippen molar-refractivity contribution in [1.29, 1.82) is 0 Å². The normalized spacial score (nSPS) is 14.0. The number of nitro benzene ring substituents is 1. The Kier molecular flexibility index (Phi) is 4.18. The predicted octanol–water partition coefficient (Wildman–Crippen LogP) is 2.21. The number of benzene rings is 1. The van der Waals surface area contributed by atoms with Crippen LogP contribution in [0.2, 0.25) is 0 Å². The van der Waals surface area contributed by atoms with Crippen LogP contribution in [0.3, 0.4) is 0 Å². The number of aromatic nitrogens is 1. The fraction of sp³-hybridized carbons (Fsp3) is 0.400. The number of nitrogens with zero attached hydrogens (tertiary/aromatic N) is 1. The van der Waals surface area contributed by atoms with Gasteiger partial charge < -0.3 is 15.4 Å². The number of carbonyl (C=O) groups is 1. The molecule has 0 spiro atoms. The number of non-ortho nitro benzene ring substituents is 1. The Morgan fingerprint density at radius 3 is 2.77 bits per heavy atom. The van der Waals surface area contributed by atoms with Gasteiger partial charge in [0, 0.05) is 35.8 Å². The van der Waals surface area contributed by atoms with Crippen LogP contribution in [0.5, 0.6) is 0 Å². The second-order valence-electron chi connectivity index (χ2n) is 5.88. The average Bonchev–Trinajstić information content (AvgIpc) is 2.87. The van der Waals surface area contributed by atoms with Crippen LogP contribution in [-0.4, -0.2) is 33.1 Å². The van der Waals surface area contributed by atoms with E-state index >= 15 is 0 Å². The van der Waals surface area contributed by atoms with Crippen molar-refractivity contribution in [2.75, 3.05) is 6.54 Å². The van der Waals surface area contributed by atoms with Crippen molar-refractivity contribution in [2.24, 2.45) is 5.92 Å². The summed E-state index contributed by atoms with van der Waals surface area (Å²) in [5.74, 6) is -0.399. The minimum Gasteiger partial charge on any atom is -0.388 e. The van der Waals surface area contributed by atoms with E-state index in [-0.39, 0.29) is 24.1 Å². The molecule has 1 aromatic heterocycles. The molecule has 1 amide bonds. The van der Waals surface area contributed by atoms with Crippen molar-refractivity contribution >= 4 is 22.5 Å². The second-order valence-corrected chi connectivity index (χ2v) is 5.88. The van der Waals surface area contributed by atoms with Gasteiger partial charge in [-0.15, -0.1) is 0 Å². The number of hydrogen-bond acceptors (Lipinski definition) is 4. The van der Waals surface area contributed by atoms with Gasteiger partial charge in [-0.25, -0.2) is 0 Å². The van der Waals surface area contributed by atoms with Gasteiger partial charge >= 0.3 is 0 Å². The Bertz CT molecular complexity index is 719. The third kappa shape index (κ3) is 3.09. The minimum atomic E-state index is -1.02. The molecule has 0 radical (unpaired) electrons. The monoisotopic (exact) mass is 305 g/mol. The quantitative estimate of drug-likeness (QED) is 0.581. The third-order valence-corrected chi connectivity index (χ3v) is 3.97. The number of amides is 1. The number of hydrogen-bond donors (Lipinski definition) is 3. The third-order valence-electron chi connectivity index (χ3n) is 3.97. The van der Waals surface area contributed by atoms with Crippen molar-refractivity contribution in [3.63, 3.8) is 0 Å². The number of aliphatic hydroxyl groups is 1. The molecule has 0 aliphatic carbocycles. The van der Waals surface area contributed by atoms with Crippen molar-refractivity contribution in [3.05, 3.63) is 40.1 Å². The molecule has 7 heteroatoms. The van der Waals surface area contributed by atoms with Crippen LogP contribution >= 0.6 is 0 Å². The maximum atomic E-state index is 12.3. The van der Waals surface area contributed by atoms with Gasteiger partial charge in [0.15, 0.2) is 0 Å². The summed E-state index contributed by atoms with van der Waals surface area (Å²) in [4.78, 5) is 25.5. The molecule has 0 saturated carbocycles. The zero-order valence-corrected chi connectivity index (χ0v) is 12.7. The van der Waals surface area contributed by atoms with Gasteiger partial charge in [0.05, 0.1) is 16.1 Å². The molecule has 22 heavy (non-hydrogen) atoms. The van der Waals surface area contributed by atoms with E-state index in [2.05, 4.69) is 10.3 Å². The lowest BCUT2D eigenvalue weighted by Gasteiger charge is -2.27. The minimum absolute atomic E-state index is 0.0168. The second kappa shape index (κ2) is 5.76. The molecule has 0 saturated heterocycles. The summed E-state index contributed by atoms with van der Waals surface area (Å²) in [5, 5.41) is 24.1. The Labute approximate surface area is 127 Å². The first kappa shape index (κ1) is 16.0. The lowest BCUT2D eigenvalue weighted by molar-refractivity contribution is -0.384. The topological polar surface area (TPSA) is 108 Å². The summed E-state index contributed by atoms with van der Waals surface area (Å²) in [7, 11) is 0. The van der Waals surface area contributed by atoms with Gasteiger partial charge in [-0.05, 0) is 18.9 Å². The zero-order valence-electron chi connectivity index (χ0n) is 12.7. The first-order valence-corrected chi connectivity index (χ1v) is 6.98. The van der Waals surface area contributed by atoms with E-state index in [1.165, 1.54) is 18.3 Å². The number of nitrogens with one attached hydrogen (secondary N) is 2. The zero-order chi connectivity index (χ0) is 16.5. The molecule has 0 aliphatic rings.